The van der Waals surface area contributed by atoms with E-state index in [1.165, 1.54) is 0 Å². The van der Waals surface area contributed by atoms with Crippen molar-refractivity contribution in [2.24, 2.45) is 11.8 Å². The lowest BCUT2D eigenvalue weighted by molar-refractivity contribution is -0.178. The van der Waals surface area contributed by atoms with E-state index in [9.17, 15) is 0 Å². The Balaban J connectivity index is 0.00000144. The summed E-state index contributed by atoms with van der Waals surface area (Å²) in [4.78, 5) is 0. The molecule has 3 aliphatic rings. The Bertz CT molecular complexity index is 564. The first kappa shape index (κ1) is 16.4. The number of piperidine rings is 1. The topological polar surface area (TPSA) is 30.5 Å². The third kappa shape index (κ3) is 2.62. The molecule has 122 valence electrons. The molecule has 4 atom stereocenters. The summed E-state index contributed by atoms with van der Waals surface area (Å²) >= 11 is 6.20. The Morgan fingerprint density at radius 3 is 2.95 bits per heavy atom. The molecule has 3 aliphatic heterocycles. The van der Waals surface area contributed by atoms with E-state index in [1.54, 1.807) is 0 Å². The van der Waals surface area contributed by atoms with Gasteiger partial charge in [0.1, 0.15) is 11.4 Å². The Morgan fingerprint density at radius 1 is 1.32 bits per heavy atom. The number of hydrogen-bond acceptors (Lipinski definition) is 3. The fourth-order valence-electron chi connectivity index (χ4n) is 4.18. The fourth-order valence-corrected chi connectivity index (χ4v) is 4.36. The smallest absolute Gasteiger partial charge is 0.126 e. The summed E-state index contributed by atoms with van der Waals surface area (Å²) in [7, 11) is 0. The molecule has 2 fully saturated rings. The number of ether oxygens (including phenoxy) is 2. The SMILES string of the molecule is CC1(C)Oc2ccc(Cl)cc2[C@@H]2O[C@@H]3CCNC[C@@H]3C[C@H]21.Cl. The van der Waals surface area contributed by atoms with Crippen molar-refractivity contribution in [1.82, 2.24) is 5.32 Å². The van der Waals surface area contributed by atoms with Crippen LogP contribution in [0.3, 0.4) is 0 Å². The highest BCUT2D eigenvalue weighted by molar-refractivity contribution is 6.30. The first-order valence-electron chi connectivity index (χ1n) is 7.89. The lowest BCUT2D eigenvalue weighted by Gasteiger charge is -2.52. The van der Waals surface area contributed by atoms with Crippen molar-refractivity contribution in [2.75, 3.05) is 13.1 Å². The zero-order chi connectivity index (χ0) is 14.6. The number of rotatable bonds is 0. The molecule has 0 aliphatic carbocycles. The minimum atomic E-state index is -0.200. The Kier molecular flexibility index (Phi) is 4.36. The molecule has 0 amide bonds. The average molecular weight is 344 g/mol. The van der Waals surface area contributed by atoms with Gasteiger partial charge in [0.05, 0.1) is 12.2 Å². The van der Waals surface area contributed by atoms with Crippen LogP contribution in [-0.2, 0) is 4.74 Å². The van der Waals surface area contributed by atoms with Crippen molar-refractivity contribution in [1.29, 1.82) is 0 Å². The summed E-state index contributed by atoms with van der Waals surface area (Å²) in [5, 5.41) is 4.25. The number of fused-ring (bicyclic) bond motifs is 4. The van der Waals surface area contributed by atoms with Gasteiger partial charge < -0.3 is 14.8 Å². The molecule has 5 heteroatoms. The average Bonchev–Trinajstić information content (AvgIpc) is 2.47. The highest BCUT2D eigenvalue weighted by atomic mass is 35.5. The van der Waals surface area contributed by atoms with Crippen LogP contribution in [0.2, 0.25) is 5.02 Å². The highest BCUT2D eigenvalue weighted by Crippen LogP contribution is 2.52. The molecule has 1 aromatic rings. The monoisotopic (exact) mass is 343 g/mol. The van der Waals surface area contributed by atoms with E-state index in [0.29, 0.717) is 17.9 Å². The van der Waals surface area contributed by atoms with Gasteiger partial charge in [-0.1, -0.05) is 11.6 Å². The minimum Gasteiger partial charge on any atom is -0.487 e. The fraction of sp³-hybridized carbons (Fsp3) is 0.647. The first-order valence-corrected chi connectivity index (χ1v) is 8.27. The minimum absolute atomic E-state index is 0. The van der Waals surface area contributed by atoms with Crippen LogP contribution >= 0.6 is 24.0 Å². The highest BCUT2D eigenvalue weighted by Gasteiger charge is 2.50. The number of benzene rings is 1. The second-order valence-electron chi connectivity index (χ2n) is 7.08. The third-order valence-corrected chi connectivity index (χ3v) is 5.56. The van der Waals surface area contributed by atoms with Gasteiger partial charge in [-0.3, -0.25) is 0 Å². The Morgan fingerprint density at radius 2 is 2.14 bits per heavy atom. The summed E-state index contributed by atoms with van der Waals surface area (Å²) in [6.07, 6.45) is 2.74. The van der Waals surface area contributed by atoms with Crippen molar-refractivity contribution in [3.63, 3.8) is 0 Å². The molecule has 4 rings (SSSR count). The van der Waals surface area contributed by atoms with Crippen LogP contribution in [0.25, 0.3) is 0 Å². The molecule has 0 unspecified atom stereocenters. The standard InChI is InChI=1S/C17H22ClNO2.ClH/c1-17(2)13-7-10-9-19-6-5-14(10)20-16(13)12-8-11(18)3-4-15(12)21-17;/h3-4,8,10,13-14,16,19H,5-7,9H2,1-2H3;1H/t10-,13+,14+,16-;/m0./s1. The van der Waals surface area contributed by atoms with Crippen LogP contribution < -0.4 is 10.1 Å². The van der Waals surface area contributed by atoms with Crippen molar-refractivity contribution in [3.8, 4) is 5.75 Å². The molecule has 2 saturated heterocycles. The van der Waals surface area contributed by atoms with Crippen LogP contribution in [0.5, 0.6) is 5.75 Å². The van der Waals surface area contributed by atoms with E-state index in [2.05, 4.69) is 19.2 Å². The lowest BCUT2D eigenvalue weighted by Crippen LogP contribution is -2.54. The van der Waals surface area contributed by atoms with Crippen LogP contribution in [0, 0.1) is 11.8 Å². The summed E-state index contributed by atoms with van der Waals surface area (Å²) in [5.41, 5.74) is 0.928. The van der Waals surface area contributed by atoms with Crippen molar-refractivity contribution < 1.29 is 9.47 Å². The molecule has 0 radical (unpaired) electrons. The van der Waals surface area contributed by atoms with Gasteiger partial charge in [0, 0.05) is 23.0 Å². The molecular weight excluding hydrogens is 321 g/mol. The second-order valence-corrected chi connectivity index (χ2v) is 7.51. The van der Waals surface area contributed by atoms with Crippen molar-refractivity contribution >= 4 is 24.0 Å². The number of nitrogens with one attached hydrogen (secondary N) is 1. The molecule has 1 aromatic carbocycles. The van der Waals surface area contributed by atoms with Crippen LogP contribution in [0.15, 0.2) is 18.2 Å². The molecule has 22 heavy (non-hydrogen) atoms. The van der Waals surface area contributed by atoms with Gasteiger partial charge in [-0.15, -0.1) is 12.4 Å². The van der Waals surface area contributed by atoms with E-state index >= 15 is 0 Å². The molecule has 3 nitrogen and oxygen atoms in total. The predicted octanol–water partition coefficient (Wildman–Crippen LogP) is 3.99. The maximum atomic E-state index is 6.53. The molecule has 0 bridgehead atoms. The molecule has 0 saturated carbocycles. The second kappa shape index (κ2) is 5.86. The summed E-state index contributed by atoms with van der Waals surface area (Å²) in [6.45, 7) is 6.48. The van der Waals surface area contributed by atoms with Gasteiger partial charge in [0.2, 0.25) is 0 Å². The van der Waals surface area contributed by atoms with Crippen molar-refractivity contribution in [2.45, 2.75) is 44.5 Å². The number of hydrogen-bond donors (Lipinski definition) is 1. The maximum absolute atomic E-state index is 6.53. The zero-order valence-corrected chi connectivity index (χ0v) is 14.5. The van der Waals surface area contributed by atoms with E-state index in [1.807, 2.05) is 18.2 Å². The molecule has 0 spiro atoms. The van der Waals surface area contributed by atoms with Gasteiger partial charge in [0.15, 0.2) is 0 Å². The Labute approximate surface area is 143 Å². The van der Waals surface area contributed by atoms with Crippen LogP contribution in [-0.4, -0.2) is 24.8 Å². The predicted molar refractivity (Wildman–Crippen MR) is 90.1 cm³/mol. The zero-order valence-electron chi connectivity index (χ0n) is 13.0. The third-order valence-electron chi connectivity index (χ3n) is 5.33. The van der Waals surface area contributed by atoms with Gasteiger partial charge >= 0.3 is 0 Å². The van der Waals surface area contributed by atoms with Crippen LogP contribution in [0.4, 0.5) is 0 Å². The lowest BCUT2D eigenvalue weighted by atomic mass is 9.71. The van der Waals surface area contributed by atoms with E-state index in [-0.39, 0.29) is 24.1 Å². The van der Waals surface area contributed by atoms with Crippen molar-refractivity contribution in [3.05, 3.63) is 28.8 Å². The molecule has 1 N–H and O–H groups in total. The maximum Gasteiger partial charge on any atom is 0.126 e. The van der Waals surface area contributed by atoms with E-state index in [4.69, 9.17) is 21.1 Å². The molecule has 3 heterocycles. The first-order chi connectivity index (χ1) is 10.0. The summed E-state index contributed by atoms with van der Waals surface area (Å²) < 4.78 is 12.8. The van der Waals surface area contributed by atoms with Gasteiger partial charge in [0.25, 0.3) is 0 Å². The van der Waals surface area contributed by atoms with Gasteiger partial charge in [-0.2, -0.15) is 0 Å². The molecule has 0 aromatic heterocycles. The summed E-state index contributed by atoms with van der Waals surface area (Å²) in [6, 6.07) is 5.89. The van der Waals surface area contributed by atoms with Gasteiger partial charge in [-0.25, -0.2) is 0 Å². The summed E-state index contributed by atoms with van der Waals surface area (Å²) in [5.74, 6) is 1.91. The quantitative estimate of drug-likeness (QED) is 0.772. The van der Waals surface area contributed by atoms with E-state index < -0.39 is 0 Å². The molecular formula is C17H23Cl2NO2. The van der Waals surface area contributed by atoms with E-state index in [0.717, 1.165) is 42.3 Å². The normalized spacial score (nSPS) is 35.2. The largest absolute Gasteiger partial charge is 0.487 e. The van der Waals surface area contributed by atoms with Crippen LogP contribution in [0.1, 0.15) is 38.4 Å². The Hall–Kier alpha value is -0.480. The van der Waals surface area contributed by atoms with Gasteiger partial charge in [-0.05, 0) is 57.4 Å². The number of halogens is 2.